The summed E-state index contributed by atoms with van der Waals surface area (Å²) in [4.78, 5) is 12.6. The molecule has 2 aromatic rings. The molecule has 2 nitrogen and oxygen atoms in total. The molecule has 1 unspecified atom stereocenters. The normalized spacial score (nSPS) is 12.3. The van der Waals surface area contributed by atoms with Gasteiger partial charge < -0.3 is 5.11 Å². The summed E-state index contributed by atoms with van der Waals surface area (Å²) in [5.74, 6) is -1.21. The molecule has 0 spiro atoms. The van der Waals surface area contributed by atoms with E-state index in [0.717, 1.165) is 21.6 Å². The molecule has 2 rings (SSSR count). The molecule has 1 aromatic heterocycles. The number of hydrogen-bond donors (Lipinski definition) is 1. The van der Waals surface area contributed by atoms with Gasteiger partial charge in [-0.05, 0) is 42.8 Å². The number of carboxylic acid groups (broad SMARTS) is 1. The highest BCUT2D eigenvalue weighted by Gasteiger charge is 2.22. The maximum atomic E-state index is 11.5. The maximum absolute atomic E-state index is 11.5. The van der Waals surface area contributed by atoms with E-state index < -0.39 is 11.9 Å². The molecule has 1 aromatic carbocycles. The standard InChI is InChI=1S/C15H16O2S/c1-10-5-6-13(11(2)8-10)14(15(16)17)9-12-4-3-7-18-12/h3-8,14H,9H2,1-2H3,(H,16,17). The van der Waals surface area contributed by atoms with Crippen molar-refractivity contribution >= 4 is 17.3 Å². The summed E-state index contributed by atoms with van der Waals surface area (Å²) < 4.78 is 0. The Morgan fingerprint density at radius 2 is 2.11 bits per heavy atom. The predicted molar refractivity (Wildman–Crippen MR) is 74.3 cm³/mol. The molecule has 3 heteroatoms. The fourth-order valence-electron chi connectivity index (χ4n) is 2.18. The van der Waals surface area contributed by atoms with E-state index in [9.17, 15) is 9.90 Å². The molecule has 0 bridgehead atoms. The van der Waals surface area contributed by atoms with Gasteiger partial charge in [-0.25, -0.2) is 0 Å². The quantitative estimate of drug-likeness (QED) is 0.908. The summed E-state index contributed by atoms with van der Waals surface area (Å²) in [6.45, 7) is 4.00. The highest BCUT2D eigenvalue weighted by molar-refractivity contribution is 7.09. The van der Waals surface area contributed by atoms with Crippen LogP contribution in [0.25, 0.3) is 0 Å². The number of carbonyl (C=O) groups is 1. The fourth-order valence-corrected chi connectivity index (χ4v) is 2.93. The van der Waals surface area contributed by atoms with Gasteiger partial charge in [-0.2, -0.15) is 0 Å². The third-order valence-electron chi connectivity index (χ3n) is 3.08. The van der Waals surface area contributed by atoms with Crippen molar-refractivity contribution in [2.75, 3.05) is 0 Å². The molecule has 0 radical (unpaired) electrons. The summed E-state index contributed by atoms with van der Waals surface area (Å²) in [5.41, 5.74) is 3.14. The van der Waals surface area contributed by atoms with Gasteiger partial charge in [-0.15, -0.1) is 11.3 Å². The number of hydrogen-bond acceptors (Lipinski definition) is 2. The summed E-state index contributed by atoms with van der Waals surface area (Å²) in [7, 11) is 0. The zero-order chi connectivity index (χ0) is 13.1. The first-order chi connectivity index (χ1) is 8.58. The Hall–Kier alpha value is -1.61. The smallest absolute Gasteiger partial charge is 0.311 e. The summed E-state index contributed by atoms with van der Waals surface area (Å²) >= 11 is 1.61. The molecule has 0 aliphatic rings. The van der Waals surface area contributed by atoms with Crippen molar-refractivity contribution in [2.45, 2.75) is 26.2 Å². The molecule has 0 saturated heterocycles. The van der Waals surface area contributed by atoms with Crippen molar-refractivity contribution in [2.24, 2.45) is 0 Å². The average Bonchev–Trinajstić information content (AvgIpc) is 2.79. The van der Waals surface area contributed by atoms with E-state index in [1.54, 1.807) is 11.3 Å². The van der Waals surface area contributed by atoms with Crippen molar-refractivity contribution in [1.29, 1.82) is 0 Å². The highest BCUT2D eigenvalue weighted by atomic mass is 32.1. The minimum Gasteiger partial charge on any atom is -0.481 e. The monoisotopic (exact) mass is 260 g/mol. The Morgan fingerprint density at radius 1 is 1.33 bits per heavy atom. The first-order valence-electron chi connectivity index (χ1n) is 5.90. The topological polar surface area (TPSA) is 37.3 Å². The lowest BCUT2D eigenvalue weighted by molar-refractivity contribution is -0.138. The van der Waals surface area contributed by atoms with Crippen LogP contribution in [0.15, 0.2) is 35.7 Å². The number of rotatable bonds is 4. The second kappa shape index (κ2) is 5.36. The van der Waals surface area contributed by atoms with Crippen LogP contribution in [0.5, 0.6) is 0 Å². The van der Waals surface area contributed by atoms with E-state index in [0.29, 0.717) is 6.42 Å². The number of thiophene rings is 1. The molecule has 0 amide bonds. The Kier molecular flexibility index (Phi) is 3.82. The van der Waals surface area contributed by atoms with Gasteiger partial charge in [-0.1, -0.05) is 29.8 Å². The number of carboxylic acids is 1. The largest absolute Gasteiger partial charge is 0.481 e. The lowest BCUT2D eigenvalue weighted by Gasteiger charge is -2.15. The van der Waals surface area contributed by atoms with Crippen molar-refractivity contribution in [3.8, 4) is 0 Å². The first-order valence-corrected chi connectivity index (χ1v) is 6.78. The van der Waals surface area contributed by atoms with Gasteiger partial charge in [0.2, 0.25) is 0 Å². The van der Waals surface area contributed by atoms with Crippen LogP contribution in [0.4, 0.5) is 0 Å². The molecule has 1 atom stereocenters. The van der Waals surface area contributed by atoms with E-state index in [2.05, 4.69) is 0 Å². The van der Waals surface area contributed by atoms with E-state index >= 15 is 0 Å². The fraction of sp³-hybridized carbons (Fsp3) is 0.267. The van der Waals surface area contributed by atoms with Gasteiger partial charge in [0.05, 0.1) is 5.92 Å². The van der Waals surface area contributed by atoms with E-state index in [1.165, 1.54) is 0 Å². The Labute approximate surface area is 111 Å². The lowest BCUT2D eigenvalue weighted by Crippen LogP contribution is -2.15. The van der Waals surface area contributed by atoms with E-state index in [1.807, 2.05) is 49.6 Å². The molecule has 1 heterocycles. The van der Waals surface area contributed by atoms with Gasteiger partial charge in [-0.3, -0.25) is 4.79 Å². The molecular weight excluding hydrogens is 244 g/mol. The maximum Gasteiger partial charge on any atom is 0.311 e. The van der Waals surface area contributed by atoms with Crippen molar-refractivity contribution in [3.63, 3.8) is 0 Å². The van der Waals surface area contributed by atoms with Crippen LogP contribution in [0.1, 0.15) is 27.5 Å². The van der Waals surface area contributed by atoms with Crippen LogP contribution in [0.2, 0.25) is 0 Å². The Bertz CT molecular complexity index is 544. The molecular formula is C15H16O2S. The van der Waals surface area contributed by atoms with E-state index in [4.69, 9.17) is 0 Å². The second-order valence-electron chi connectivity index (χ2n) is 4.53. The number of benzene rings is 1. The van der Waals surface area contributed by atoms with Gasteiger partial charge in [0, 0.05) is 4.88 Å². The summed E-state index contributed by atoms with van der Waals surface area (Å²) in [6.07, 6.45) is 0.566. The van der Waals surface area contributed by atoms with Crippen molar-refractivity contribution in [3.05, 3.63) is 57.3 Å². The van der Waals surface area contributed by atoms with Gasteiger partial charge >= 0.3 is 5.97 Å². The number of aryl methyl sites for hydroxylation is 2. The third kappa shape index (κ3) is 2.79. The van der Waals surface area contributed by atoms with Crippen LogP contribution in [-0.2, 0) is 11.2 Å². The Balaban J connectivity index is 2.32. The second-order valence-corrected chi connectivity index (χ2v) is 5.57. The molecule has 0 aliphatic heterocycles. The highest BCUT2D eigenvalue weighted by Crippen LogP contribution is 2.26. The Morgan fingerprint density at radius 3 is 2.67 bits per heavy atom. The average molecular weight is 260 g/mol. The van der Waals surface area contributed by atoms with Crippen molar-refractivity contribution < 1.29 is 9.90 Å². The lowest BCUT2D eigenvalue weighted by atomic mass is 9.90. The zero-order valence-electron chi connectivity index (χ0n) is 10.5. The minimum absolute atomic E-state index is 0.454. The third-order valence-corrected chi connectivity index (χ3v) is 3.98. The molecule has 0 fully saturated rings. The zero-order valence-corrected chi connectivity index (χ0v) is 11.3. The minimum atomic E-state index is -0.754. The molecule has 0 saturated carbocycles. The molecule has 1 N–H and O–H groups in total. The number of aliphatic carboxylic acids is 1. The molecule has 18 heavy (non-hydrogen) atoms. The van der Waals surface area contributed by atoms with Gasteiger partial charge in [0.15, 0.2) is 0 Å². The van der Waals surface area contributed by atoms with E-state index in [-0.39, 0.29) is 0 Å². The summed E-state index contributed by atoms with van der Waals surface area (Å²) in [6, 6.07) is 9.91. The summed E-state index contributed by atoms with van der Waals surface area (Å²) in [5, 5.41) is 11.4. The molecule has 0 aliphatic carbocycles. The van der Waals surface area contributed by atoms with Crippen LogP contribution in [0.3, 0.4) is 0 Å². The van der Waals surface area contributed by atoms with Crippen LogP contribution >= 0.6 is 11.3 Å². The molecule has 94 valence electrons. The first kappa shape index (κ1) is 12.8. The van der Waals surface area contributed by atoms with Crippen LogP contribution in [0, 0.1) is 13.8 Å². The SMILES string of the molecule is Cc1ccc(C(Cc2cccs2)C(=O)O)c(C)c1. The predicted octanol–water partition coefficient (Wildman–Crippen LogP) is 3.78. The van der Waals surface area contributed by atoms with Crippen LogP contribution in [-0.4, -0.2) is 11.1 Å². The van der Waals surface area contributed by atoms with Crippen molar-refractivity contribution in [1.82, 2.24) is 0 Å². The van der Waals surface area contributed by atoms with Crippen LogP contribution < -0.4 is 0 Å². The van der Waals surface area contributed by atoms with Gasteiger partial charge in [0.1, 0.15) is 0 Å². The van der Waals surface area contributed by atoms with Gasteiger partial charge in [0.25, 0.3) is 0 Å².